The molecule has 0 saturated heterocycles. The van der Waals surface area contributed by atoms with Crippen LogP contribution in [0, 0.1) is 6.92 Å². The number of rotatable bonds is 5. The van der Waals surface area contributed by atoms with Crippen LogP contribution in [0.2, 0.25) is 5.02 Å². The molecule has 0 saturated carbocycles. The van der Waals surface area contributed by atoms with E-state index in [4.69, 9.17) is 16.3 Å². The van der Waals surface area contributed by atoms with E-state index < -0.39 is 0 Å². The molecule has 0 radical (unpaired) electrons. The molecule has 2 N–H and O–H groups in total. The molecule has 5 nitrogen and oxygen atoms in total. The standard InChI is InChI=1S/C17H17ClN2O3/c1-11-15(18)4-3-5-16(11)20-17(22)10-23-14-8-6-13(7-9-14)19-12(2)21/h3-9H,10H2,1-2H3,(H,19,21)(H,20,22). The Hall–Kier alpha value is -2.53. The molecular formula is C17H17ClN2O3. The number of nitrogens with one attached hydrogen (secondary N) is 2. The fourth-order valence-corrected chi connectivity index (χ4v) is 2.09. The van der Waals surface area contributed by atoms with Crippen LogP contribution in [0.25, 0.3) is 0 Å². The molecule has 0 spiro atoms. The minimum Gasteiger partial charge on any atom is -0.484 e. The molecule has 0 aliphatic rings. The fraction of sp³-hybridized carbons (Fsp3) is 0.176. The molecule has 6 heteroatoms. The summed E-state index contributed by atoms with van der Waals surface area (Å²) >= 11 is 6.01. The van der Waals surface area contributed by atoms with Crippen LogP contribution in [0.5, 0.6) is 5.75 Å². The second kappa shape index (κ2) is 7.65. The first-order valence-electron chi connectivity index (χ1n) is 7.01. The van der Waals surface area contributed by atoms with E-state index in [0.29, 0.717) is 22.1 Å². The predicted molar refractivity (Wildman–Crippen MR) is 91.1 cm³/mol. The molecule has 2 aromatic carbocycles. The number of hydrogen-bond acceptors (Lipinski definition) is 3. The van der Waals surface area contributed by atoms with E-state index in [1.54, 1.807) is 42.5 Å². The Morgan fingerprint density at radius 3 is 2.43 bits per heavy atom. The third-order valence-corrected chi connectivity index (χ3v) is 3.50. The first-order valence-corrected chi connectivity index (χ1v) is 7.39. The summed E-state index contributed by atoms with van der Waals surface area (Å²) in [5.41, 5.74) is 2.14. The molecule has 0 heterocycles. The molecule has 0 aliphatic carbocycles. The maximum Gasteiger partial charge on any atom is 0.262 e. The van der Waals surface area contributed by atoms with Crippen molar-refractivity contribution in [3.8, 4) is 5.75 Å². The second-order valence-corrected chi connectivity index (χ2v) is 5.36. The summed E-state index contributed by atoms with van der Waals surface area (Å²) < 4.78 is 5.41. The lowest BCUT2D eigenvalue weighted by molar-refractivity contribution is -0.118. The van der Waals surface area contributed by atoms with Crippen LogP contribution >= 0.6 is 11.6 Å². The molecule has 2 amide bonds. The van der Waals surface area contributed by atoms with Crippen molar-refractivity contribution in [2.24, 2.45) is 0 Å². The van der Waals surface area contributed by atoms with Gasteiger partial charge in [-0.25, -0.2) is 0 Å². The fourth-order valence-electron chi connectivity index (χ4n) is 1.92. The Kier molecular flexibility index (Phi) is 5.60. The SMILES string of the molecule is CC(=O)Nc1ccc(OCC(=O)Nc2cccc(Cl)c2C)cc1. The van der Waals surface area contributed by atoms with Gasteiger partial charge in [0.05, 0.1) is 0 Å². The van der Waals surface area contributed by atoms with Crippen molar-refractivity contribution in [3.63, 3.8) is 0 Å². The van der Waals surface area contributed by atoms with Crippen molar-refractivity contribution in [2.75, 3.05) is 17.2 Å². The molecule has 2 rings (SSSR count). The molecule has 0 atom stereocenters. The lowest BCUT2D eigenvalue weighted by Crippen LogP contribution is -2.20. The number of benzene rings is 2. The van der Waals surface area contributed by atoms with E-state index in [1.807, 2.05) is 6.92 Å². The average Bonchev–Trinajstić information content (AvgIpc) is 2.51. The quantitative estimate of drug-likeness (QED) is 0.878. The van der Waals surface area contributed by atoms with Crippen molar-refractivity contribution in [3.05, 3.63) is 53.1 Å². The number of anilines is 2. The van der Waals surface area contributed by atoms with Crippen molar-refractivity contribution >= 4 is 34.8 Å². The van der Waals surface area contributed by atoms with Gasteiger partial charge >= 0.3 is 0 Å². The molecule has 120 valence electrons. The van der Waals surface area contributed by atoms with E-state index in [9.17, 15) is 9.59 Å². The summed E-state index contributed by atoms with van der Waals surface area (Å²) in [6.45, 7) is 3.15. The van der Waals surface area contributed by atoms with E-state index in [-0.39, 0.29) is 18.4 Å². The number of ether oxygens (including phenoxy) is 1. The van der Waals surface area contributed by atoms with Gasteiger partial charge in [-0.05, 0) is 48.9 Å². The summed E-state index contributed by atoms with van der Waals surface area (Å²) in [5, 5.41) is 6.00. The molecule has 0 aliphatic heterocycles. The van der Waals surface area contributed by atoms with Crippen LogP contribution in [0.1, 0.15) is 12.5 Å². The Labute approximate surface area is 139 Å². The smallest absolute Gasteiger partial charge is 0.262 e. The number of carbonyl (C=O) groups is 2. The molecule has 0 unspecified atom stereocenters. The van der Waals surface area contributed by atoms with Gasteiger partial charge in [0.15, 0.2) is 6.61 Å². The normalized spacial score (nSPS) is 10.0. The molecule has 0 fully saturated rings. The number of amides is 2. The van der Waals surface area contributed by atoms with Gasteiger partial charge < -0.3 is 15.4 Å². The van der Waals surface area contributed by atoms with E-state index in [2.05, 4.69) is 10.6 Å². The highest BCUT2D eigenvalue weighted by atomic mass is 35.5. The number of carbonyl (C=O) groups excluding carboxylic acids is 2. The first-order chi connectivity index (χ1) is 11.0. The van der Waals surface area contributed by atoms with Crippen molar-refractivity contribution in [2.45, 2.75) is 13.8 Å². The van der Waals surface area contributed by atoms with Gasteiger partial charge in [0, 0.05) is 23.3 Å². The van der Waals surface area contributed by atoms with Gasteiger partial charge in [0.25, 0.3) is 5.91 Å². The minimum atomic E-state index is -0.277. The number of hydrogen-bond donors (Lipinski definition) is 2. The monoisotopic (exact) mass is 332 g/mol. The van der Waals surface area contributed by atoms with Crippen LogP contribution in [-0.4, -0.2) is 18.4 Å². The maximum absolute atomic E-state index is 11.9. The predicted octanol–water partition coefficient (Wildman–Crippen LogP) is 3.62. The maximum atomic E-state index is 11.9. The Balaban J connectivity index is 1.89. The van der Waals surface area contributed by atoms with Gasteiger partial charge in [0.1, 0.15) is 5.75 Å². The van der Waals surface area contributed by atoms with E-state index >= 15 is 0 Å². The molecule has 0 bridgehead atoms. The Morgan fingerprint density at radius 2 is 1.78 bits per heavy atom. The van der Waals surface area contributed by atoms with Crippen LogP contribution in [0.4, 0.5) is 11.4 Å². The number of halogens is 1. The molecule has 0 aromatic heterocycles. The molecule has 23 heavy (non-hydrogen) atoms. The topological polar surface area (TPSA) is 67.4 Å². The zero-order valence-electron chi connectivity index (χ0n) is 12.9. The van der Waals surface area contributed by atoms with Crippen LogP contribution in [0.15, 0.2) is 42.5 Å². The van der Waals surface area contributed by atoms with Gasteiger partial charge in [-0.15, -0.1) is 0 Å². The van der Waals surface area contributed by atoms with Crippen LogP contribution in [0.3, 0.4) is 0 Å². The van der Waals surface area contributed by atoms with Crippen molar-refractivity contribution in [1.82, 2.24) is 0 Å². The lowest BCUT2D eigenvalue weighted by atomic mass is 10.2. The molecular weight excluding hydrogens is 316 g/mol. The zero-order valence-corrected chi connectivity index (χ0v) is 13.6. The summed E-state index contributed by atoms with van der Waals surface area (Å²) in [6.07, 6.45) is 0. The van der Waals surface area contributed by atoms with Crippen LogP contribution < -0.4 is 15.4 Å². The van der Waals surface area contributed by atoms with Gasteiger partial charge in [0.2, 0.25) is 5.91 Å². The third-order valence-electron chi connectivity index (χ3n) is 3.09. The highest BCUT2D eigenvalue weighted by molar-refractivity contribution is 6.31. The summed E-state index contributed by atoms with van der Waals surface area (Å²) in [4.78, 5) is 22.9. The van der Waals surface area contributed by atoms with Gasteiger partial charge in [-0.1, -0.05) is 17.7 Å². The summed E-state index contributed by atoms with van der Waals surface area (Å²) in [6, 6.07) is 12.1. The first kappa shape index (κ1) is 16.8. The highest BCUT2D eigenvalue weighted by Gasteiger charge is 2.07. The average molecular weight is 333 g/mol. The van der Waals surface area contributed by atoms with Gasteiger partial charge in [-0.2, -0.15) is 0 Å². The zero-order chi connectivity index (χ0) is 16.8. The highest BCUT2D eigenvalue weighted by Crippen LogP contribution is 2.23. The summed E-state index contributed by atoms with van der Waals surface area (Å²) in [5.74, 6) is 0.119. The van der Waals surface area contributed by atoms with E-state index in [0.717, 1.165) is 5.56 Å². The second-order valence-electron chi connectivity index (χ2n) is 4.95. The van der Waals surface area contributed by atoms with E-state index in [1.165, 1.54) is 6.92 Å². The lowest BCUT2D eigenvalue weighted by Gasteiger charge is -2.11. The van der Waals surface area contributed by atoms with Crippen LogP contribution in [-0.2, 0) is 9.59 Å². The van der Waals surface area contributed by atoms with Crippen molar-refractivity contribution < 1.29 is 14.3 Å². The molecule has 2 aromatic rings. The van der Waals surface area contributed by atoms with Gasteiger partial charge in [-0.3, -0.25) is 9.59 Å². The largest absolute Gasteiger partial charge is 0.484 e. The third kappa shape index (κ3) is 5.00. The Bertz CT molecular complexity index is 714. The van der Waals surface area contributed by atoms with Crippen molar-refractivity contribution in [1.29, 1.82) is 0 Å². The Morgan fingerprint density at radius 1 is 1.09 bits per heavy atom. The minimum absolute atomic E-state index is 0.120. The summed E-state index contributed by atoms with van der Waals surface area (Å²) in [7, 11) is 0.